The van der Waals surface area contributed by atoms with Crippen LogP contribution in [0.15, 0.2) is 65.5 Å². The molecule has 3 nitrogen and oxygen atoms in total. The minimum atomic E-state index is 0.162. The molecule has 1 fully saturated rings. The van der Waals surface area contributed by atoms with Gasteiger partial charge in [0.25, 0.3) is 5.56 Å². The first-order valence-electron chi connectivity index (χ1n) is 9.17. The number of hydrogen-bond donors (Lipinski definition) is 0. The third kappa shape index (κ3) is 2.59. The van der Waals surface area contributed by atoms with Crippen molar-refractivity contribution in [2.45, 2.75) is 25.4 Å². The highest BCUT2D eigenvalue weighted by atomic mass is 16.1. The lowest BCUT2D eigenvalue weighted by Crippen LogP contribution is -2.46. The molecule has 2 aliphatic heterocycles. The Labute approximate surface area is 147 Å². The summed E-state index contributed by atoms with van der Waals surface area (Å²) in [5.41, 5.74) is 2.80. The van der Waals surface area contributed by atoms with Gasteiger partial charge in [-0.1, -0.05) is 48.5 Å². The predicted octanol–water partition coefficient (Wildman–Crippen LogP) is 3.62. The van der Waals surface area contributed by atoms with Crippen LogP contribution in [0.25, 0.3) is 10.8 Å². The van der Waals surface area contributed by atoms with E-state index in [1.165, 1.54) is 28.5 Å². The second-order valence-electron chi connectivity index (χ2n) is 7.53. The Morgan fingerprint density at radius 3 is 2.68 bits per heavy atom. The SMILES string of the molecule is O=c1cccc2n1C[C@@H]1C[C@H]2CN(Cc2cccc3ccccc23)C1. The van der Waals surface area contributed by atoms with Crippen LogP contribution in [0.5, 0.6) is 0 Å². The molecule has 126 valence electrons. The average Bonchev–Trinajstić information content (AvgIpc) is 2.63. The first kappa shape index (κ1) is 14.9. The number of aromatic nitrogens is 1. The fourth-order valence-electron chi connectivity index (χ4n) is 4.80. The third-order valence-corrected chi connectivity index (χ3v) is 5.83. The van der Waals surface area contributed by atoms with E-state index >= 15 is 0 Å². The van der Waals surface area contributed by atoms with Crippen molar-refractivity contribution in [3.05, 3.63) is 82.3 Å². The largest absolute Gasteiger partial charge is 0.312 e. The molecule has 0 unspecified atom stereocenters. The summed E-state index contributed by atoms with van der Waals surface area (Å²) in [5.74, 6) is 1.07. The molecule has 0 spiro atoms. The van der Waals surface area contributed by atoms with E-state index in [0.29, 0.717) is 11.8 Å². The van der Waals surface area contributed by atoms with E-state index in [0.717, 1.165) is 26.2 Å². The second-order valence-corrected chi connectivity index (χ2v) is 7.53. The van der Waals surface area contributed by atoms with Crippen molar-refractivity contribution in [2.24, 2.45) is 5.92 Å². The number of piperidine rings is 1. The zero-order valence-electron chi connectivity index (χ0n) is 14.3. The van der Waals surface area contributed by atoms with Crippen LogP contribution in [0, 0.1) is 5.92 Å². The fourth-order valence-corrected chi connectivity index (χ4v) is 4.80. The van der Waals surface area contributed by atoms with Gasteiger partial charge >= 0.3 is 0 Å². The van der Waals surface area contributed by atoms with E-state index in [9.17, 15) is 4.79 Å². The molecule has 5 rings (SSSR count). The molecule has 2 bridgehead atoms. The minimum absolute atomic E-state index is 0.162. The first-order chi connectivity index (χ1) is 12.3. The zero-order valence-corrected chi connectivity index (χ0v) is 14.3. The average molecular weight is 330 g/mol. The summed E-state index contributed by atoms with van der Waals surface area (Å²) in [6.07, 6.45) is 1.22. The smallest absolute Gasteiger partial charge is 0.250 e. The third-order valence-electron chi connectivity index (χ3n) is 5.83. The number of benzene rings is 2. The molecule has 2 aromatic carbocycles. The van der Waals surface area contributed by atoms with E-state index in [1.54, 1.807) is 6.07 Å². The van der Waals surface area contributed by atoms with Gasteiger partial charge in [0.15, 0.2) is 0 Å². The summed E-state index contributed by atoms with van der Waals surface area (Å²) in [6, 6.07) is 21.0. The van der Waals surface area contributed by atoms with E-state index in [2.05, 4.69) is 53.4 Å². The van der Waals surface area contributed by atoms with E-state index in [4.69, 9.17) is 0 Å². The fraction of sp³-hybridized carbons (Fsp3) is 0.318. The van der Waals surface area contributed by atoms with Gasteiger partial charge in [0.2, 0.25) is 0 Å². The Morgan fingerprint density at radius 2 is 1.72 bits per heavy atom. The molecule has 1 aromatic heterocycles. The quantitative estimate of drug-likeness (QED) is 0.717. The topological polar surface area (TPSA) is 25.2 Å². The summed E-state index contributed by atoms with van der Waals surface area (Å²) in [7, 11) is 0. The Hall–Kier alpha value is -2.39. The maximum atomic E-state index is 12.2. The van der Waals surface area contributed by atoms with Crippen LogP contribution in [0.3, 0.4) is 0 Å². The van der Waals surface area contributed by atoms with Crippen LogP contribution in [-0.2, 0) is 13.1 Å². The molecule has 2 atom stereocenters. The molecule has 0 saturated carbocycles. The van der Waals surface area contributed by atoms with Gasteiger partial charge in [0, 0.05) is 43.9 Å². The number of rotatable bonds is 2. The highest BCUT2D eigenvalue weighted by Gasteiger charge is 2.34. The minimum Gasteiger partial charge on any atom is -0.312 e. The molecule has 3 aromatic rings. The number of pyridine rings is 1. The number of nitrogens with zero attached hydrogens (tertiary/aromatic N) is 2. The van der Waals surface area contributed by atoms with Crippen molar-refractivity contribution in [1.29, 1.82) is 0 Å². The lowest BCUT2D eigenvalue weighted by atomic mass is 9.83. The Kier molecular flexibility index (Phi) is 3.49. The van der Waals surface area contributed by atoms with Gasteiger partial charge < -0.3 is 4.57 Å². The standard InChI is InChI=1S/C22H22N2O/c25-22-10-4-9-21-19-11-16(13-24(21)22)12-23(15-19)14-18-7-3-6-17-5-1-2-8-20(17)18/h1-10,16,19H,11-15H2/t16-,19+/m1/s1. The Bertz CT molecular complexity index is 985. The van der Waals surface area contributed by atoms with Crippen LogP contribution < -0.4 is 5.56 Å². The van der Waals surface area contributed by atoms with Crippen molar-refractivity contribution in [2.75, 3.05) is 13.1 Å². The molecular formula is C22H22N2O. The summed E-state index contributed by atoms with van der Waals surface area (Å²) < 4.78 is 2.01. The second kappa shape index (κ2) is 5.85. The van der Waals surface area contributed by atoms with Gasteiger partial charge in [-0.2, -0.15) is 0 Å². The number of fused-ring (bicyclic) bond motifs is 5. The molecule has 2 aliphatic rings. The molecule has 25 heavy (non-hydrogen) atoms. The van der Waals surface area contributed by atoms with Crippen molar-refractivity contribution in [1.82, 2.24) is 9.47 Å². The van der Waals surface area contributed by atoms with Gasteiger partial charge in [0.1, 0.15) is 0 Å². The molecule has 0 aliphatic carbocycles. The van der Waals surface area contributed by atoms with Crippen molar-refractivity contribution in [3.63, 3.8) is 0 Å². The summed E-state index contributed by atoms with van der Waals surface area (Å²) in [4.78, 5) is 14.7. The molecule has 1 saturated heterocycles. The van der Waals surface area contributed by atoms with Crippen molar-refractivity contribution in [3.8, 4) is 0 Å². The van der Waals surface area contributed by atoms with Crippen LogP contribution in [0.2, 0.25) is 0 Å². The van der Waals surface area contributed by atoms with Crippen LogP contribution in [0.4, 0.5) is 0 Å². The molecule has 0 amide bonds. The van der Waals surface area contributed by atoms with Gasteiger partial charge in [-0.15, -0.1) is 0 Å². The highest BCUT2D eigenvalue weighted by molar-refractivity contribution is 5.85. The molecule has 3 heteroatoms. The van der Waals surface area contributed by atoms with E-state index in [1.807, 2.05) is 10.6 Å². The predicted molar refractivity (Wildman–Crippen MR) is 101 cm³/mol. The lowest BCUT2D eigenvalue weighted by Gasteiger charge is -2.43. The maximum Gasteiger partial charge on any atom is 0.250 e. The van der Waals surface area contributed by atoms with Crippen LogP contribution in [-0.4, -0.2) is 22.6 Å². The lowest BCUT2D eigenvalue weighted by molar-refractivity contribution is 0.115. The Morgan fingerprint density at radius 1 is 0.880 bits per heavy atom. The highest BCUT2D eigenvalue weighted by Crippen LogP contribution is 2.35. The number of likely N-dealkylation sites (tertiary alicyclic amines) is 1. The molecular weight excluding hydrogens is 308 g/mol. The Balaban J connectivity index is 1.45. The maximum absolute atomic E-state index is 12.2. The van der Waals surface area contributed by atoms with Gasteiger partial charge in [-0.3, -0.25) is 9.69 Å². The molecule has 3 heterocycles. The molecule has 0 radical (unpaired) electrons. The van der Waals surface area contributed by atoms with Gasteiger partial charge in [-0.25, -0.2) is 0 Å². The van der Waals surface area contributed by atoms with Crippen molar-refractivity contribution >= 4 is 10.8 Å². The normalized spacial score (nSPS) is 22.7. The van der Waals surface area contributed by atoms with Gasteiger partial charge in [-0.05, 0) is 34.7 Å². The van der Waals surface area contributed by atoms with E-state index < -0.39 is 0 Å². The molecule has 0 N–H and O–H groups in total. The van der Waals surface area contributed by atoms with Crippen molar-refractivity contribution < 1.29 is 0 Å². The summed E-state index contributed by atoms with van der Waals surface area (Å²) in [5, 5.41) is 2.67. The monoisotopic (exact) mass is 330 g/mol. The van der Waals surface area contributed by atoms with Gasteiger partial charge in [0.05, 0.1) is 0 Å². The first-order valence-corrected chi connectivity index (χ1v) is 9.17. The van der Waals surface area contributed by atoms with E-state index in [-0.39, 0.29) is 5.56 Å². The van der Waals surface area contributed by atoms with Crippen LogP contribution in [0.1, 0.15) is 23.6 Å². The number of hydrogen-bond acceptors (Lipinski definition) is 2. The van der Waals surface area contributed by atoms with Crippen LogP contribution >= 0.6 is 0 Å². The summed E-state index contributed by atoms with van der Waals surface area (Å²) in [6.45, 7) is 3.99. The summed E-state index contributed by atoms with van der Waals surface area (Å²) >= 11 is 0. The zero-order chi connectivity index (χ0) is 16.8.